The monoisotopic (exact) mass is 329 g/mol. The van der Waals surface area contributed by atoms with E-state index in [-0.39, 0.29) is 11.6 Å². The van der Waals surface area contributed by atoms with Crippen LogP contribution in [-0.4, -0.2) is 39.5 Å². The summed E-state index contributed by atoms with van der Waals surface area (Å²) in [6.07, 6.45) is 1.74. The van der Waals surface area contributed by atoms with Crippen molar-refractivity contribution in [2.45, 2.75) is 26.8 Å². The molecule has 0 atom stereocenters. The molecule has 0 unspecified atom stereocenters. The summed E-state index contributed by atoms with van der Waals surface area (Å²) in [6.45, 7) is 5.23. The molecular formula is C15H24FN3O2S. The maximum absolute atomic E-state index is 13.5. The summed E-state index contributed by atoms with van der Waals surface area (Å²) in [6, 6.07) is 5.05. The minimum Gasteiger partial charge on any atom is -0.357 e. The van der Waals surface area contributed by atoms with Crippen molar-refractivity contribution >= 4 is 15.8 Å². The van der Waals surface area contributed by atoms with Gasteiger partial charge in [0.25, 0.3) is 0 Å². The average Bonchev–Trinajstić information content (AvgIpc) is 2.43. The maximum atomic E-state index is 13.5. The number of hydrogen-bond donors (Lipinski definition) is 2. The lowest BCUT2D eigenvalue weighted by atomic mass is 10.1. The molecule has 0 aromatic heterocycles. The Kier molecular flexibility index (Phi) is 7.31. The zero-order valence-electron chi connectivity index (χ0n) is 13.3. The van der Waals surface area contributed by atoms with Gasteiger partial charge in [-0.3, -0.25) is 0 Å². The van der Waals surface area contributed by atoms with Crippen LogP contribution in [0.3, 0.4) is 0 Å². The smallest absolute Gasteiger partial charge is 0.191 e. The zero-order chi connectivity index (χ0) is 16.6. The molecule has 1 aromatic rings. The second-order valence-corrected chi connectivity index (χ2v) is 7.45. The topological polar surface area (TPSA) is 70.6 Å². The highest BCUT2D eigenvalue weighted by Crippen LogP contribution is 2.09. The summed E-state index contributed by atoms with van der Waals surface area (Å²) in [5, 5.41) is 6.14. The van der Waals surface area contributed by atoms with Crippen LogP contribution in [0.15, 0.2) is 23.2 Å². The van der Waals surface area contributed by atoms with Gasteiger partial charge >= 0.3 is 0 Å². The van der Waals surface area contributed by atoms with Crippen LogP contribution in [0.1, 0.15) is 24.5 Å². The molecule has 22 heavy (non-hydrogen) atoms. The average molecular weight is 329 g/mol. The van der Waals surface area contributed by atoms with Gasteiger partial charge in [-0.05, 0) is 37.5 Å². The van der Waals surface area contributed by atoms with E-state index in [4.69, 9.17) is 0 Å². The third-order valence-corrected chi connectivity index (χ3v) is 4.01. The molecule has 0 aliphatic carbocycles. The Morgan fingerprint density at radius 3 is 2.64 bits per heavy atom. The normalized spacial score (nSPS) is 12.3. The molecule has 1 aromatic carbocycles. The Hall–Kier alpha value is -1.63. The number of halogens is 1. The summed E-state index contributed by atoms with van der Waals surface area (Å²) in [5.74, 6) is 0.499. The molecule has 124 valence electrons. The van der Waals surface area contributed by atoms with Crippen molar-refractivity contribution in [3.05, 3.63) is 35.1 Å². The van der Waals surface area contributed by atoms with E-state index >= 15 is 0 Å². The fraction of sp³-hybridized carbons (Fsp3) is 0.533. The predicted octanol–water partition coefficient (Wildman–Crippen LogP) is 1.62. The highest BCUT2D eigenvalue weighted by Gasteiger charge is 2.03. The van der Waals surface area contributed by atoms with E-state index in [1.165, 1.54) is 12.3 Å². The number of aliphatic imine (C=N–C) groups is 1. The number of sulfone groups is 1. The Bertz CT molecular complexity index is 615. The van der Waals surface area contributed by atoms with Crippen molar-refractivity contribution in [1.82, 2.24) is 10.6 Å². The quantitative estimate of drug-likeness (QED) is 0.453. The van der Waals surface area contributed by atoms with Gasteiger partial charge < -0.3 is 10.6 Å². The number of nitrogens with zero attached hydrogens (tertiary/aromatic N) is 1. The van der Waals surface area contributed by atoms with Gasteiger partial charge in [-0.1, -0.05) is 12.1 Å². The van der Waals surface area contributed by atoms with Crippen LogP contribution in [0, 0.1) is 12.7 Å². The van der Waals surface area contributed by atoms with Crippen LogP contribution in [0.4, 0.5) is 4.39 Å². The van der Waals surface area contributed by atoms with Gasteiger partial charge in [-0.2, -0.15) is 0 Å². The number of aryl methyl sites for hydroxylation is 1. The molecule has 0 saturated carbocycles. The highest BCUT2D eigenvalue weighted by molar-refractivity contribution is 7.90. The van der Waals surface area contributed by atoms with Crippen molar-refractivity contribution in [3.8, 4) is 0 Å². The summed E-state index contributed by atoms with van der Waals surface area (Å²) >= 11 is 0. The van der Waals surface area contributed by atoms with Gasteiger partial charge in [-0.25, -0.2) is 17.8 Å². The molecule has 5 nitrogen and oxygen atoms in total. The first-order chi connectivity index (χ1) is 10.3. The van der Waals surface area contributed by atoms with Crippen LogP contribution in [0.5, 0.6) is 0 Å². The first-order valence-corrected chi connectivity index (χ1v) is 9.33. The molecule has 0 bridgehead atoms. The van der Waals surface area contributed by atoms with Crippen molar-refractivity contribution < 1.29 is 12.8 Å². The number of hydrogen-bond acceptors (Lipinski definition) is 3. The second-order valence-electron chi connectivity index (χ2n) is 5.19. The summed E-state index contributed by atoms with van der Waals surface area (Å²) in [5.41, 5.74) is 1.40. The fourth-order valence-corrected chi connectivity index (χ4v) is 2.46. The van der Waals surface area contributed by atoms with Crippen LogP contribution in [0.25, 0.3) is 0 Å². The van der Waals surface area contributed by atoms with Gasteiger partial charge in [0, 0.05) is 19.3 Å². The van der Waals surface area contributed by atoms with Crippen LogP contribution >= 0.6 is 0 Å². The molecule has 0 radical (unpaired) electrons. The van der Waals surface area contributed by atoms with Gasteiger partial charge in [0.2, 0.25) is 0 Å². The minimum absolute atomic E-state index is 0.141. The van der Waals surface area contributed by atoms with Gasteiger partial charge in [0.1, 0.15) is 15.7 Å². The highest BCUT2D eigenvalue weighted by atomic mass is 32.2. The maximum Gasteiger partial charge on any atom is 0.191 e. The van der Waals surface area contributed by atoms with Gasteiger partial charge in [0.05, 0.1) is 12.3 Å². The molecule has 0 amide bonds. The molecule has 0 saturated heterocycles. The van der Waals surface area contributed by atoms with E-state index in [1.807, 2.05) is 13.0 Å². The number of guanidine groups is 1. The first-order valence-electron chi connectivity index (χ1n) is 7.26. The SMILES string of the molecule is CCNC(=NCc1ccc(C)c(F)c1)NCCCS(C)(=O)=O. The molecule has 1 rings (SSSR count). The Balaban J connectivity index is 2.55. The van der Waals surface area contributed by atoms with Crippen molar-refractivity contribution in [1.29, 1.82) is 0 Å². The largest absolute Gasteiger partial charge is 0.357 e. The lowest BCUT2D eigenvalue weighted by molar-refractivity contribution is 0.598. The van der Waals surface area contributed by atoms with Gasteiger partial charge in [-0.15, -0.1) is 0 Å². The Morgan fingerprint density at radius 1 is 1.32 bits per heavy atom. The number of benzene rings is 1. The number of nitrogens with one attached hydrogen (secondary N) is 2. The molecule has 0 spiro atoms. The van der Waals surface area contributed by atoms with Gasteiger partial charge in [0.15, 0.2) is 5.96 Å². The van der Waals surface area contributed by atoms with E-state index in [0.29, 0.717) is 37.6 Å². The molecular weight excluding hydrogens is 305 g/mol. The third-order valence-electron chi connectivity index (χ3n) is 2.98. The van der Waals surface area contributed by atoms with Crippen LogP contribution in [-0.2, 0) is 16.4 Å². The van der Waals surface area contributed by atoms with Crippen LogP contribution in [0.2, 0.25) is 0 Å². The molecule has 7 heteroatoms. The standard InChI is InChI=1S/C15H24FN3O2S/c1-4-17-15(18-8-5-9-22(3,20)21)19-11-13-7-6-12(2)14(16)10-13/h6-7,10H,4-5,8-9,11H2,1-3H3,(H2,17,18,19). The fourth-order valence-electron chi connectivity index (χ4n) is 1.79. The van der Waals surface area contributed by atoms with E-state index in [9.17, 15) is 12.8 Å². The summed E-state index contributed by atoms with van der Waals surface area (Å²) in [4.78, 5) is 4.37. The summed E-state index contributed by atoms with van der Waals surface area (Å²) < 4.78 is 35.6. The molecule has 0 aliphatic heterocycles. The predicted molar refractivity (Wildman–Crippen MR) is 88.3 cm³/mol. The minimum atomic E-state index is -2.94. The lowest BCUT2D eigenvalue weighted by Gasteiger charge is -2.11. The number of rotatable bonds is 7. The van der Waals surface area contributed by atoms with E-state index in [0.717, 1.165) is 5.56 Å². The Morgan fingerprint density at radius 2 is 2.05 bits per heavy atom. The first kappa shape index (κ1) is 18.4. The van der Waals surface area contributed by atoms with E-state index in [2.05, 4.69) is 15.6 Å². The van der Waals surface area contributed by atoms with Crippen LogP contribution < -0.4 is 10.6 Å². The molecule has 2 N–H and O–H groups in total. The Labute approximate surface area is 132 Å². The van der Waals surface area contributed by atoms with E-state index in [1.54, 1.807) is 13.0 Å². The second kappa shape index (κ2) is 8.73. The van der Waals surface area contributed by atoms with Crippen molar-refractivity contribution in [3.63, 3.8) is 0 Å². The van der Waals surface area contributed by atoms with E-state index < -0.39 is 9.84 Å². The molecule has 0 heterocycles. The lowest BCUT2D eigenvalue weighted by Crippen LogP contribution is -2.38. The molecule has 0 fully saturated rings. The van der Waals surface area contributed by atoms with Crippen molar-refractivity contribution in [2.75, 3.05) is 25.1 Å². The zero-order valence-corrected chi connectivity index (χ0v) is 14.1. The molecule has 0 aliphatic rings. The third kappa shape index (κ3) is 7.40. The summed E-state index contributed by atoms with van der Waals surface area (Å²) in [7, 11) is -2.94. The van der Waals surface area contributed by atoms with Crippen molar-refractivity contribution in [2.24, 2.45) is 4.99 Å².